The van der Waals surface area contributed by atoms with Crippen LogP contribution < -0.4 is 16.4 Å². The second kappa shape index (κ2) is 7.37. The van der Waals surface area contributed by atoms with E-state index >= 15 is 0 Å². The van der Waals surface area contributed by atoms with Gasteiger partial charge in [0.05, 0.1) is 0 Å². The molecule has 0 aromatic carbocycles. The number of urea groups is 1. The number of thioether (sulfide) groups is 1. The second-order valence-corrected chi connectivity index (χ2v) is 6.24. The molecule has 0 aliphatic heterocycles. The lowest BCUT2D eigenvalue weighted by molar-refractivity contribution is -0.139. The maximum Gasteiger partial charge on any atom is 0.326 e. The van der Waals surface area contributed by atoms with E-state index < -0.39 is 23.9 Å². The Morgan fingerprint density at radius 3 is 2.45 bits per heavy atom. The van der Waals surface area contributed by atoms with Crippen molar-refractivity contribution in [2.45, 2.75) is 42.9 Å². The van der Waals surface area contributed by atoms with Crippen molar-refractivity contribution in [2.75, 3.05) is 12.8 Å². The van der Waals surface area contributed by atoms with Gasteiger partial charge in [-0.1, -0.05) is 6.42 Å². The van der Waals surface area contributed by atoms with Crippen molar-refractivity contribution in [3.05, 3.63) is 0 Å². The van der Waals surface area contributed by atoms with E-state index in [1.807, 2.05) is 6.26 Å². The van der Waals surface area contributed by atoms with Gasteiger partial charge in [-0.05, 0) is 25.5 Å². The summed E-state index contributed by atoms with van der Waals surface area (Å²) in [6.07, 6.45) is 5.18. The molecule has 0 bridgehead atoms. The first-order valence-electron chi connectivity index (χ1n) is 6.49. The summed E-state index contributed by atoms with van der Waals surface area (Å²) in [4.78, 5) is 33.3. The van der Waals surface area contributed by atoms with Crippen LogP contribution in [-0.4, -0.2) is 46.6 Å². The molecule has 8 heteroatoms. The van der Waals surface area contributed by atoms with Crippen molar-refractivity contribution in [1.82, 2.24) is 10.6 Å². The molecule has 0 radical (unpaired) electrons. The highest BCUT2D eigenvalue weighted by Crippen LogP contribution is 2.42. The van der Waals surface area contributed by atoms with Crippen LogP contribution in [0.1, 0.15) is 32.1 Å². The van der Waals surface area contributed by atoms with Gasteiger partial charge in [0.1, 0.15) is 6.04 Å². The van der Waals surface area contributed by atoms with E-state index in [0.29, 0.717) is 6.54 Å². The van der Waals surface area contributed by atoms with E-state index in [9.17, 15) is 14.4 Å². The Labute approximate surface area is 122 Å². The van der Waals surface area contributed by atoms with Crippen molar-refractivity contribution in [2.24, 2.45) is 5.73 Å². The minimum Gasteiger partial charge on any atom is -0.480 e. The molecule has 1 rings (SSSR count). The van der Waals surface area contributed by atoms with Crippen LogP contribution in [0.15, 0.2) is 0 Å². The number of carbonyl (C=O) groups excluding carboxylic acids is 2. The lowest BCUT2D eigenvalue weighted by atomic mass is 9.84. The lowest BCUT2D eigenvalue weighted by Gasteiger charge is -2.40. The molecule has 1 fully saturated rings. The van der Waals surface area contributed by atoms with Gasteiger partial charge in [-0.25, -0.2) is 9.59 Å². The summed E-state index contributed by atoms with van der Waals surface area (Å²) in [7, 11) is 0. The molecule has 3 amide bonds. The average Bonchev–Trinajstić information content (AvgIpc) is 2.33. The summed E-state index contributed by atoms with van der Waals surface area (Å²) in [6, 6.07) is -1.63. The van der Waals surface area contributed by atoms with E-state index in [-0.39, 0.29) is 17.6 Å². The highest BCUT2D eigenvalue weighted by Gasteiger charge is 2.36. The number of nitrogens with two attached hydrogens (primary N) is 1. The number of rotatable bonds is 8. The molecule has 1 aliphatic rings. The molecular weight excluding hydrogens is 282 g/mol. The summed E-state index contributed by atoms with van der Waals surface area (Å²) in [5, 5.41) is 14.0. The molecule has 0 aromatic rings. The van der Waals surface area contributed by atoms with Crippen molar-refractivity contribution >= 4 is 29.7 Å². The molecule has 7 nitrogen and oxygen atoms in total. The van der Waals surface area contributed by atoms with Crippen molar-refractivity contribution < 1.29 is 19.5 Å². The summed E-state index contributed by atoms with van der Waals surface area (Å²) in [5.41, 5.74) is 4.97. The number of hydrogen-bond acceptors (Lipinski definition) is 4. The standard InChI is InChI=1S/C12H21N3O4S/c1-20-12(5-2-6-12)7-14-11(19)15-8(10(17)18)3-4-9(13)16/h8H,2-7H2,1H3,(H2,13,16)(H,17,18)(H2,14,15,19). The van der Waals surface area contributed by atoms with Gasteiger partial charge < -0.3 is 21.5 Å². The number of carboxylic acids is 1. The molecule has 5 N–H and O–H groups in total. The fourth-order valence-corrected chi connectivity index (χ4v) is 2.93. The fraction of sp³-hybridized carbons (Fsp3) is 0.750. The van der Waals surface area contributed by atoms with Crippen LogP contribution in [0, 0.1) is 0 Å². The molecule has 1 aliphatic carbocycles. The van der Waals surface area contributed by atoms with Gasteiger partial charge >= 0.3 is 12.0 Å². The largest absolute Gasteiger partial charge is 0.480 e. The molecular formula is C12H21N3O4S. The Hall–Kier alpha value is -1.44. The minimum absolute atomic E-state index is 0.00818. The third-order valence-electron chi connectivity index (χ3n) is 3.55. The number of nitrogens with one attached hydrogen (secondary N) is 2. The van der Waals surface area contributed by atoms with Crippen LogP contribution >= 0.6 is 11.8 Å². The van der Waals surface area contributed by atoms with E-state index in [1.54, 1.807) is 11.8 Å². The quantitative estimate of drug-likeness (QED) is 0.513. The maximum atomic E-state index is 11.7. The number of carbonyl (C=O) groups is 3. The zero-order chi connectivity index (χ0) is 15.2. The first-order valence-corrected chi connectivity index (χ1v) is 7.72. The highest BCUT2D eigenvalue weighted by atomic mass is 32.2. The molecule has 1 unspecified atom stereocenters. The third kappa shape index (κ3) is 4.92. The zero-order valence-electron chi connectivity index (χ0n) is 11.5. The molecule has 0 spiro atoms. The van der Waals surface area contributed by atoms with Crippen LogP contribution in [0.2, 0.25) is 0 Å². The van der Waals surface area contributed by atoms with Gasteiger partial charge in [-0.15, -0.1) is 0 Å². The van der Waals surface area contributed by atoms with E-state index in [1.165, 1.54) is 0 Å². The molecule has 0 saturated heterocycles. The van der Waals surface area contributed by atoms with Crippen LogP contribution in [0.3, 0.4) is 0 Å². The maximum absolute atomic E-state index is 11.7. The summed E-state index contributed by atoms with van der Waals surface area (Å²) < 4.78 is 0.0866. The van der Waals surface area contributed by atoms with Crippen LogP contribution in [-0.2, 0) is 9.59 Å². The molecule has 114 valence electrons. The first kappa shape index (κ1) is 16.6. The molecule has 0 aromatic heterocycles. The predicted octanol–water partition coefficient (Wildman–Crippen LogP) is 0.290. The highest BCUT2D eigenvalue weighted by molar-refractivity contribution is 8.00. The number of carboxylic acid groups (broad SMARTS) is 1. The van der Waals surface area contributed by atoms with Crippen LogP contribution in [0.5, 0.6) is 0 Å². The zero-order valence-corrected chi connectivity index (χ0v) is 12.3. The number of hydrogen-bond donors (Lipinski definition) is 4. The SMILES string of the molecule is CSC1(CNC(=O)NC(CCC(N)=O)C(=O)O)CCC1. The predicted molar refractivity (Wildman–Crippen MR) is 76.5 cm³/mol. The van der Waals surface area contributed by atoms with Gasteiger partial charge in [0, 0.05) is 17.7 Å². The second-order valence-electron chi connectivity index (χ2n) is 4.96. The summed E-state index contributed by atoms with van der Waals surface area (Å²) in [5.74, 6) is -1.76. The van der Waals surface area contributed by atoms with Crippen molar-refractivity contribution in [3.63, 3.8) is 0 Å². The van der Waals surface area contributed by atoms with Gasteiger partial charge in [-0.2, -0.15) is 11.8 Å². The molecule has 20 heavy (non-hydrogen) atoms. The van der Waals surface area contributed by atoms with Gasteiger partial charge in [-0.3, -0.25) is 4.79 Å². The summed E-state index contributed by atoms with van der Waals surface area (Å²) >= 11 is 1.72. The van der Waals surface area contributed by atoms with E-state index in [2.05, 4.69) is 10.6 Å². The van der Waals surface area contributed by atoms with Crippen LogP contribution in [0.4, 0.5) is 4.79 Å². The Morgan fingerprint density at radius 1 is 1.40 bits per heavy atom. The van der Waals surface area contributed by atoms with Crippen molar-refractivity contribution in [3.8, 4) is 0 Å². The fourth-order valence-electron chi connectivity index (χ4n) is 2.02. The first-order chi connectivity index (χ1) is 9.38. The Morgan fingerprint density at radius 2 is 2.05 bits per heavy atom. The average molecular weight is 303 g/mol. The minimum atomic E-state index is -1.18. The third-order valence-corrected chi connectivity index (χ3v) is 4.97. The number of aliphatic carboxylic acids is 1. The smallest absolute Gasteiger partial charge is 0.326 e. The van der Waals surface area contributed by atoms with E-state index in [4.69, 9.17) is 10.8 Å². The monoisotopic (exact) mass is 303 g/mol. The number of primary amides is 1. The Kier molecular flexibility index (Phi) is 6.12. The van der Waals surface area contributed by atoms with Crippen LogP contribution in [0.25, 0.3) is 0 Å². The van der Waals surface area contributed by atoms with Crippen molar-refractivity contribution in [1.29, 1.82) is 0 Å². The normalized spacial score (nSPS) is 17.6. The molecule has 1 atom stereocenters. The topological polar surface area (TPSA) is 122 Å². The molecule has 0 heterocycles. The Balaban J connectivity index is 2.37. The Bertz CT molecular complexity index is 379. The van der Waals surface area contributed by atoms with E-state index in [0.717, 1.165) is 19.3 Å². The van der Waals surface area contributed by atoms with Gasteiger partial charge in [0.25, 0.3) is 0 Å². The molecule has 1 saturated carbocycles. The number of amides is 3. The van der Waals surface area contributed by atoms with Gasteiger partial charge in [0.15, 0.2) is 0 Å². The summed E-state index contributed by atoms with van der Waals surface area (Å²) in [6.45, 7) is 0.516. The van der Waals surface area contributed by atoms with Gasteiger partial charge in [0.2, 0.25) is 5.91 Å². The lowest BCUT2D eigenvalue weighted by Crippen LogP contribution is -2.51.